The summed E-state index contributed by atoms with van der Waals surface area (Å²) in [5.41, 5.74) is 3.03. The number of aliphatic hydroxyl groups is 1. The number of fused-ring (bicyclic) bond motifs is 1. The summed E-state index contributed by atoms with van der Waals surface area (Å²) in [6, 6.07) is 4.36. The van der Waals surface area contributed by atoms with Gasteiger partial charge in [-0.3, -0.25) is 4.90 Å². The maximum absolute atomic E-state index is 11.2. The Hall–Kier alpha value is -2.25. The summed E-state index contributed by atoms with van der Waals surface area (Å²) in [5, 5.41) is 19.6. The van der Waals surface area contributed by atoms with Gasteiger partial charge < -0.3 is 9.51 Å². The fraction of sp³-hybridized carbons (Fsp3) is 0.526. The lowest BCUT2D eigenvalue weighted by atomic mass is 9.90. The molecule has 0 amide bonds. The van der Waals surface area contributed by atoms with Crippen molar-refractivity contribution in [1.29, 1.82) is 0 Å². The number of nitrogens with zero attached hydrogens (tertiary/aromatic N) is 6. The zero-order valence-corrected chi connectivity index (χ0v) is 15.6. The van der Waals surface area contributed by atoms with E-state index in [0.717, 1.165) is 30.9 Å². The minimum Gasteiger partial charge on any atom is -0.382 e. The van der Waals surface area contributed by atoms with E-state index in [4.69, 9.17) is 0 Å². The van der Waals surface area contributed by atoms with Gasteiger partial charge in [0.15, 0.2) is 0 Å². The van der Waals surface area contributed by atoms with Crippen molar-refractivity contribution in [2.24, 2.45) is 0 Å². The summed E-state index contributed by atoms with van der Waals surface area (Å²) < 4.78 is 3.94. The van der Waals surface area contributed by atoms with Crippen molar-refractivity contribution in [3.63, 3.8) is 0 Å². The summed E-state index contributed by atoms with van der Waals surface area (Å²) >= 11 is 0. The van der Waals surface area contributed by atoms with Crippen LogP contribution < -0.4 is 0 Å². The smallest absolute Gasteiger partial charge is 0.139 e. The number of rotatable bonds is 4. The highest BCUT2D eigenvalue weighted by molar-refractivity contribution is 5.48. The molecule has 26 heavy (non-hydrogen) atoms. The molecule has 1 aliphatic heterocycles. The third-order valence-corrected chi connectivity index (χ3v) is 5.26. The van der Waals surface area contributed by atoms with Crippen LogP contribution in [-0.2, 0) is 12.1 Å². The molecule has 7 nitrogen and oxygen atoms in total. The Bertz CT molecular complexity index is 914. The number of imidazole rings is 1. The highest BCUT2D eigenvalue weighted by Gasteiger charge is 2.37. The largest absolute Gasteiger partial charge is 0.382 e. The van der Waals surface area contributed by atoms with Crippen molar-refractivity contribution >= 4 is 5.65 Å². The van der Waals surface area contributed by atoms with Crippen molar-refractivity contribution in [1.82, 2.24) is 29.3 Å². The van der Waals surface area contributed by atoms with Crippen molar-refractivity contribution in [3.05, 3.63) is 47.7 Å². The van der Waals surface area contributed by atoms with Crippen LogP contribution in [0.1, 0.15) is 49.7 Å². The standard InChI is InChI=1S/C19H26N6O/c1-14(2)25-12-17(21-22-25)19(26)7-5-8-23(13-19)11-16-10-20-18-15(3)6-4-9-24(16)18/h4,6,9-10,12,14,26H,5,7-8,11,13H2,1-3H3. The molecule has 1 aliphatic rings. The molecule has 0 saturated carbocycles. The zero-order valence-electron chi connectivity index (χ0n) is 15.6. The lowest BCUT2D eigenvalue weighted by molar-refractivity contribution is -0.0418. The fourth-order valence-electron chi connectivity index (χ4n) is 3.76. The number of likely N-dealkylation sites (tertiary alicyclic amines) is 1. The molecule has 138 valence electrons. The van der Waals surface area contributed by atoms with Gasteiger partial charge in [-0.1, -0.05) is 11.3 Å². The van der Waals surface area contributed by atoms with Crippen molar-refractivity contribution in [3.8, 4) is 0 Å². The molecule has 3 aromatic rings. The second-order valence-electron chi connectivity index (χ2n) is 7.66. The Balaban J connectivity index is 1.55. The monoisotopic (exact) mass is 354 g/mol. The van der Waals surface area contributed by atoms with Gasteiger partial charge in [0, 0.05) is 25.3 Å². The van der Waals surface area contributed by atoms with E-state index in [-0.39, 0.29) is 6.04 Å². The van der Waals surface area contributed by atoms with Gasteiger partial charge in [0.2, 0.25) is 0 Å². The minimum atomic E-state index is -0.943. The summed E-state index contributed by atoms with van der Waals surface area (Å²) in [6.45, 7) is 8.46. The number of aryl methyl sites for hydroxylation is 1. The van der Waals surface area contributed by atoms with Crippen LogP contribution in [0.4, 0.5) is 0 Å². The van der Waals surface area contributed by atoms with Gasteiger partial charge in [-0.25, -0.2) is 9.67 Å². The number of β-amino-alcohol motifs (C(OH)–C–C–N with tert-alkyl or cyclic N) is 1. The van der Waals surface area contributed by atoms with Gasteiger partial charge in [0.25, 0.3) is 0 Å². The van der Waals surface area contributed by atoms with Crippen LogP contribution in [-0.4, -0.2) is 47.5 Å². The van der Waals surface area contributed by atoms with E-state index in [1.807, 2.05) is 18.5 Å². The molecule has 1 atom stereocenters. The topological polar surface area (TPSA) is 71.5 Å². The maximum Gasteiger partial charge on any atom is 0.139 e. The van der Waals surface area contributed by atoms with Gasteiger partial charge in [-0.15, -0.1) is 5.10 Å². The molecular formula is C19H26N6O. The Labute approximate surface area is 153 Å². The van der Waals surface area contributed by atoms with Gasteiger partial charge in [-0.2, -0.15) is 0 Å². The van der Waals surface area contributed by atoms with Crippen LogP contribution in [0.25, 0.3) is 5.65 Å². The molecule has 0 aliphatic carbocycles. The SMILES string of the molecule is Cc1cccn2c(CN3CCCC(O)(c4cn(C(C)C)nn4)C3)cnc12. The third-order valence-electron chi connectivity index (χ3n) is 5.26. The van der Waals surface area contributed by atoms with Gasteiger partial charge >= 0.3 is 0 Å². The highest BCUT2D eigenvalue weighted by Crippen LogP contribution is 2.31. The van der Waals surface area contributed by atoms with E-state index >= 15 is 0 Å². The lowest BCUT2D eigenvalue weighted by Gasteiger charge is -2.37. The van der Waals surface area contributed by atoms with Crippen LogP contribution in [0.15, 0.2) is 30.7 Å². The Kier molecular flexibility index (Phi) is 4.28. The van der Waals surface area contributed by atoms with Crippen LogP contribution in [0, 0.1) is 6.92 Å². The molecule has 1 fully saturated rings. The van der Waals surface area contributed by atoms with E-state index in [0.29, 0.717) is 18.7 Å². The number of aromatic nitrogens is 5. The van der Waals surface area contributed by atoms with Crippen molar-refractivity contribution in [2.45, 2.75) is 51.8 Å². The van der Waals surface area contributed by atoms with E-state index in [9.17, 15) is 5.11 Å². The minimum absolute atomic E-state index is 0.237. The first kappa shape index (κ1) is 17.2. The molecule has 0 bridgehead atoms. The fourth-order valence-corrected chi connectivity index (χ4v) is 3.76. The first-order chi connectivity index (χ1) is 12.5. The quantitative estimate of drug-likeness (QED) is 0.778. The number of piperidine rings is 1. The molecule has 0 aromatic carbocycles. The Morgan fingerprint density at radius 2 is 2.19 bits per heavy atom. The van der Waals surface area contributed by atoms with Crippen molar-refractivity contribution < 1.29 is 5.11 Å². The number of hydrogen-bond acceptors (Lipinski definition) is 5. The third kappa shape index (κ3) is 3.01. The van der Waals surface area contributed by atoms with Crippen LogP contribution in [0.2, 0.25) is 0 Å². The summed E-state index contributed by atoms with van der Waals surface area (Å²) in [7, 11) is 0. The van der Waals surface area contributed by atoms with Gasteiger partial charge in [-0.05, 0) is 51.8 Å². The average molecular weight is 354 g/mol. The predicted octanol–water partition coefficient (Wildman–Crippen LogP) is 2.30. The highest BCUT2D eigenvalue weighted by atomic mass is 16.3. The number of pyridine rings is 1. The van der Waals surface area contributed by atoms with E-state index in [1.54, 1.807) is 4.68 Å². The molecule has 4 rings (SSSR count). The lowest BCUT2D eigenvalue weighted by Crippen LogP contribution is -2.46. The number of hydrogen-bond donors (Lipinski definition) is 1. The van der Waals surface area contributed by atoms with Gasteiger partial charge in [0.1, 0.15) is 16.9 Å². The summed E-state index contributed by atoms with van der Waals surface area (Å²) in [4.78, 5) is 6.83. The van der Waals surface area contributed by atoms with E-state index in [1.165, 1.54) is 5.56 Å². The molecule has 1 N–H and O–H groups in total. The van der Waals surface area contributed by atoms with E-state index < -0.39 is 5.60 Å². The molecular weight excluding hydrogens is 328 g/mol. The Morgan fingerprint density at radius 1 is 1.35 bits per heavy atom. The summed E-state index contributed by atoms with van der Waals surface area (Å²) in [5.74, 6) is 0. The molecule has 1 saturated heterocycles. The average Bonchev–Trinajstić information content (AvgIpc) is 3.24. The van der Waals surface area contributed by atoms with Crippen LogP contribution in [0.3, 0.4) is 0 Å². The molecule has 0 radical (unpaired) electrons. The Morgan fingerprint density at radius 3 is 2.96 bits per heavy atom. The second kappa shape index (κ2) is 6.48. The molecule has 0 spiro atoms. The maximum atomic E-state index is 11.2. The molecule has 1 unspecified atom stereocenters. The first-order valence-corrected chi connectivity index (χ1v) is 9.25. The van der Waals surface area contributed by atoms with Crippen LogP contribution in [0.5, 0.6) is 0 Å². The second-order valence-corrected chi connectivity index (χ2v) is 7.66. The van der Waals surface area contributed by atoms with E-state index in [2.05, 4.69) is 57.6 Å². The predicted molar refractivity (Wildman–Crippen MR) is 98.7 cm³/mol. The van der Waals surface area contributed by atoms with Gasteiger partial charge in [0.05, 0.1) is 18.1 Å². The van der Waals surface area contributed by atoms with Crippen LogP contribution >= 0.6 is 0 Å². The first-order valence-electron chi connectivity index (χ1n) is 9.25. The molecule has 4 heterocycles. The summed E-state index contributed by atoms with van der Waals surface area (Å²) in [6.07, 6.45) is 7.51. The molecule has 7 heteroatoms. The normalized spacial score (nSPS) is 21.7. The zero-order chi connectivity index (χ0) is 18.3. The molecule has 3 aromatic heterocycles. The van der Waals surface area contributed by atoms with Crippen molar-refractivity contribution in [2.75, 3.05) is 13.1 Å².